The predicted octanol–water partition coefficient (Wildman–Crippen LogP) is 1.15. The topological polar surface area (TPSA) is 62.2 Å². The molecule has 0 spiro atoms. The van der Waals surface area contributed by atoms with E-state index in [-0.39, 0.29) is 24.5 Å². The Labute approximate surface area is 102 Å². The maximum atomic E-state index is 11.6. The van der Waals surface area contributed by atoms with Crippen LogP contribution in [0.4, 0.5) is 0 Å². The van der Waals surface area contributed by atoms with Gasteiger partial charge in [-0.2, -0.15) is 0 Å². The van der Waals surface area contributed by atoms with Gasteiger partial charge >= 0.3 is 0 Å². The predicted molar refractivity (Wildman–Crippen MR) is 66.4 cm³/mol. The summed E-state index contributed by atoms with van der Waals surface area (Å²) >= 11 is 0. The minimum absolute atomic E-state index is 0.0208. The number of carbonyl (C=O) groups excluding carboxylic acids is 1. The summed E-state index contributed by atoms with van der Waals surface area (Å²) in [6.45, 7) is 3.92. The minimum Gasteiger partial charge on any atom is -0.394 e. The second-order valence-electron chi connectivity index (χ2n) is 4.42. The maximum Gasteiger partial charge on any atom is 0.220 e. The molecule has 1 rings (SSSR count). The Hall–Kier alpha value is -1.42. The second kappa shape index (κ2) is 7.01. The molecule has 0 fully saturated rings. The monoisotopic (exact) mass is 236 g/mol. The normalized spacial score (nSPS) is 12.5. The van der Waals surface area contributed by atoms with E-state index in [1.165, 1.54) is 0 Å². The van der Waals surface area contributed by atoms with E-state index in [1.54, 1.807) is 6.20 Å². The van der Waals surface area contributed by atoms with Crippen LogP contribution in [0.5, 0.6) is 0 Å². The van der Waals surface area contributed by atoms with Crippen molar-refractivity contribution in [3.8, 4) is 0 Å². The van der Waals surface area contributed by atoms with Crippen molar-refractivity contribution in [1.29, 1.82) is 0 Å². The number of rotatable bonds is 6. The lowest BCUT2D eigenvalue weighted by Crippen LogP contribution is -2.41. The number of aromatic nitrogens is 1. The summed E-state index contributed by atoms with van der Waals surface area (Å²) in [6.07, 6.45) is 2.75. The quantitative estimate of drug-likeness (QED) is 0.778. The van der Waals surface area contributed by atoms with Crippen LogP contribution < -0.4 is 5.32 Å². The van der Waals surface area contributed by atoms with Gasteiger partial charge in [0.1, 0.15) is 0 Å². The lowest BCUT2D eigenvalue weighted by atomic mass is 10.1. The van der Waals surface area contributed by atoms with E-state index >= 15 is 0 Å². The smallest absolute Gasteiger partial charge is 0.220 e. The SMILES string of the molecule is CC(C)C(CO)NC(=O)CCc1ccccn1. The van der Waals surface area contributed by atoms with E-state index < -0.39 is 0 Å². The van der Waals surface area contributed by atoms with Crippen LogP contribution in [0.15, 0.2) is 24.4 Å². The summed E-state index contributed by atoms with van der Waals surface area (Å²) < 4.78 is 0. The molecule has 0 bridgehead atoms. The number of nitrogens with one attached hydrogen (secondary N) is 1. The lowest BCUT2D eigenvalue weighted by molar-refractivity contribution is -0.122. The molecule has 2 N–H and O–H groups in total. The number of pyridine rings is 1. The number of aryl methyl sites for hydroxylation is 1. The van der Waals surface area contributed by atoms with Crippen molar-refractivity contribution >= 4 is 5.91 Å². The van der Waals surface area contributed by atoms with Gasteiger partial charge in [0, 0.05) is 18.3 Å². The largest absolute Gasteiger partial charge is 0.394 e. The molecule has 1 aromatic heterocycles. The fourth-order valence-corrected chi connectivity index (χ4v) is 1.49. The van der Waals surface area contributed by atoms with Gasteiger partial charge in [-0.25, -0.2) is 0 Å². The maximum absolute atomic E-state index is 11.6. The lowest BCUT2D eigenvalue weighted by Gasteiger charge is -2.19. The zero-order chi connectivity index (χ0) is 12.7. The van der Waals surface area contributed by atoms with Gasteiger partial charge in [0.2, 0.25) is 5.91 Å². The van der Waals surface area contributed by atoms with Crippen LogP contribution in [0, 0.1) is 5.92 Å². The third-order valence-electron chi connectivity index (χ3n) is 2.68. The van der Waals surface area contributed by atoms with Crippen LogP contribution in [-0.2, 0) is 11.2 Å². The first-order valence-electron chi connectivity index (χ1n) is 5.93. The van der Waals surface area contributed by atoms with E-state index in [4.69, 9.17) is 5.11 Å². The zero-order valence-corrected chi connectivity index (χ0v) is 10.4. The van der Waals surface area contributed by atoms with Crippen molar-refractivity contribution in [3.63, 3.8) is 0 Å². The standard InChI is InChI=1S/C13H20N2O2/c1-10(2)12(9-16)15-13(17)7-6-11-5-3-4-8-14-11/h3-5,8,10,12,16H,6-7,9H2,1-2H3,(H,15,17). The zero-order valence-electron chi connectivity index (χ0n) is 10.4. The average Bonchev–Trinajstić information content (AvgIpc) is 2.34. The number of aliphatic hydroxyl groups is 1. The molecule has 0 radical (unpaired) electrons. The molecule has 0 saturated heterocycles. The third-order valence-corrected chi connectivity index (χ3v) is 2.68. The fourth-order valence-electron chi connectivity index (χ4n) is 1.49. The first-order valence-corrected chi connectivity index (χ1v) is 5.93. The molecule has 1 heterocycles. The van der Waals surface area contributed by atoms with Crippen molar-refractivity contribution in [1.82, 2.24) is 10.3 Å². The Kier molecular flexibility index (Phi) is 5.63. The molecule has 4 nitrogen and oxygen atoms in total. The Morgan fingerprint density at radius 2 is 2.24 bits per heavy atom. The number of hydrogen-bond acceptors (Lipinski definition) is 3. The summed E-state index contributed by atoms with van der Waals surface area (Å²) in [6, 6.07) is 5.50. The highest BCUT2D eigenvalue weighted by Crippen LogP contribution is 2.02. The van der Waals surface area contributed by atoms with E-state index in [1.807, 2.05) is 32.0 Å². The number of hydrogen-bond donors (Lipinski definition) is 2. The minimum atomic E-state index is -0.161. The molecule has 0 saturated carbocycles. The molecule has 94 valence electrons. The number of amides is 1. The van der Waals surface area contributed by atoms with E-state index in [9.17, 15) is 4.79 Å². The summed E-state index contributed by atoms with van der Waals surface area (Å²) in [5.74, 6) is 0.196. The Bertz CT molecular complexity index is 339. The molecular weight excluding hydrogens is 216 g/mol. The average molecular weight is 236 g/mol. The molecule has 0 aliphatic carbocycles. The highest BCUT2D eigenvalue weighted by Gasteiger charge is 2.14. The molecule has 1 aromatic rings. The van der Waals surface area contributed by atoms with Gasteiger partial charge in [-0.1, -0.05) is 19.9 Å². The summed E-state index contributed by atoms with van der Waals surface area (Å²) in [5.41, 5.74) is 0.910. The van der Waals surface area contributed by atoms with Gasteiger partial charge in [0.15, 0.2) is 0 Å². The Morgan fingerprint density at radius 3 is 2.76 bits per heavy atom. The summed E-state index contributed by atoms with van der Waals surface area (Å²) in [5, 5.41) is 11.9. The van der Waals surface area contributed by atoms with E-state index in [2.05, 4.69) is 10.3 Å². The van der Waals surface area contributed by atoms with Gasteiger partial charge < -0.3 is 10.4 Å². The van der Waals surface area contributed by atoms with E-state index in [0.717, 1.165) is 5.69 Å². The molecule has 4 heteroatoms. The van der Waals surface area contributed by atoms with E-state index in [0.29, 0.717) is 12.8 Å². The summed E-state index contributed by atoms with van der Waals surface area (Å²) in [7, 11) is 0. The van der Waals surface area contributed by atoms with Gasteiger partial charge in [-0.05, 0) is 24.5 Å². The van der Waals surface area contributed by atoms with Crippen molar-refractivity contribution in [2.24, 2.45) is 5.92 Å². The molecular formula is C13H20N2O2. The van der Waals surface area contributed by atoms with Crippen LogP contribution in [0.2, 0.25) is 0 Å². The van der Waals surface area contributed by atoms with Gasteiger partial charge in [-0.15, -0.1) is 0 Å². The van der Waals surface area contributed by atoms with Crippen LogP contribution in [0.3, 0.4) is 0 Å². The van der Waals surface area contributed by atoms with Crippen molar-refractivity contribution < 1.29 is 9.90 Å². The third kappa shape index (κ3) is 4.95. The molecule has 0 aromatic carbocycles. The van der Waals surface area contributed by atoms with Crippen molar-refractivity contribution in [2.45, 2.75) is 32.7 Å². The van der Waals surface area contributed by atoms with Crippen LogP contribution in [-0.4, -0.2) is 28.6 Å². The van der Waals surface area contributed by atoms with Crippen LogP contribution in [0.25, 0.3) is 0 Å². The molecule has 0 aliphatic heterocycles. The number of carbonyl (C=O) groups is 1. The molecule has 0 aliphatic rings. The molecule has 1 unspecified atom stereocenters. The first-order chi connectivity index (χ1) is 8.13. The Morgan fingerprint density at radius 1 is 1.47 bits per heavy atom. The highest BCUT2D eigenvalue weighted by molar-refractivity contribution is 5.76. The molecule has 1 amide bonds. The molecule has 17 heavy (non-hydrogen) atoms. The van der Waals surface area contributed by atoms with Gasteiger partial charge in [-0.3, -0.25) is 9.78 Å². The van der Waals surface area contributed by atoms with Crippen molar-refractivity contribution in [2.75, 3.05) is 6.61 Å². The van der Waals surface area contributed by atoms with Crippen molar-refractivity contribution in [3.05, 3.63) is 30.1 Å². The highest BCUT2D eigenvalue weighted by atomic mass is 16.3. The van der Waals surface area contributed by atoms with Crippen LogP contribution in [0.1, 0.15) is 26.0 Å². The fraction of sp³-hybridized carbons (Fsp3) is 0.538. The second-order valence-corrected chi connectivity index (χ2v) is 4.42. The number of nitrogens with zero attached hydrogens (tertiary/aromatic N) is 1. The van der Waals surface area contributed by atoms with Gasteiger partial charge in [0.05, 0.1) is 12.6 Å². The van der Waals surface area contributed by atoms with Gasteiger partial charge in [0.25, 0.3) is 0 Å². The first kappa shape index (κ1) is 13.6. The van der Waals surface area contributed by atoms with Crippen LogP contribution >= 0.6 is 0 Å². The number of aliphatic hydroxyl groups excluding tert-OH is 1. The Balaban J connectivity index is 2.35. The summed E-state index contributed by atoms with van der Waals surface area (Å²) in [4.78, 5) is 15.8. The molecule has 1 atom stereocenters.